The van der Waals surface area contributed by atoms with Crippen LogP contribution in [0.2, 0.25) is 0 Å². The fourth-order valence-electron chi connectivity index (χ4n) is 2.25. The van der Waals surface area contributed by atoms with Crippen LogP contribution in [-0.4, -0.2) is 25.4 Å². The third-order valence-electron chi connectivity index (χ3n) is 3.23. The Morgan fingerprint density at radius 1 is 1.28 bits per heavy atom. The zero-order valence-corrected chi connectivity index (χ0v) is 10.6. The van der Waals surface area contributed by atoms with Gasteiger partial charge < -0.3 is 14.8 Å². The van der Waals surface area contributed by atoms with Crippen molar-refractivity contribution in [2.45, 2.75) is 38.0 Å². The number of rotatable bonds is 4. The van der Waals surface area contributed by atoms with Crippen LogP contribution >= 0.6 is 0 Å². The lowest BCUT2D eigenvalue weighted by Gasteiger charge is -2.18. The summed E-state index contributed by atoms with van der Waals surface area (Å²) in [5.41, 5.74) is 1.06. The molecule has 1 aromatic carbocycles. The minimum absolute atomic E-state index is 0.0486. The molecule has 98 valence electrons. The SMILES string of the molecule is CO[C@@H]1CCC[C@H]1OC(=O)NCc1ccccc1. The van der Waals surface area contributed by atoms with Crippen molar-refractivity contribution in [3.8, 4) is 0 Å². The molecule has 0 unspecified atom stereocenters. The summed E-state index contributed by atoms with van der Waals surface area (Å²) in [7, 11) is 1.66. The lowest BCUT2D eigenvalue weighted by molar-refractivity contribution is -0.00335. The monoisotopic (exact) mass is 249 g/mol. The summed E-state index contributed by atoms with van der Waals surface area (Å²) in [5.74, 6) is 0. The molecule has 1 amide bonds. The third-order valence-corrected chi connectivity index (χ3v) is 3.23. The van der Waals surface area contributed by atoms with E-state index in [1.165, 1.54) is 0 Å². The van der Waals surface area contributed by atoms with Gasteiger partial charge in [-0.25, -0.2) is 4.79 Å². The van der Waals surface area contributed by atoms with Gasteiger partial charge in [-0.3, -0.25) is 0 Å². The van der Waals surface area contributed by atoms with Crippen molar-refractivity contribution in [2.75, 3.05) is 7.11 Å². The van der Waals surface area contributed by atoms with Gasteiger partial charge in [-0.05, 0) is 24.8 Å². The lowest BCUT2D eigenvalue weighted by atomic mass is 10.2. The third kappa shape index (κ3) is 3.47. The number of hydrogen-bond donors (Lipinski definition) is 1. The van der Waals surface area contributed by atoms with Crippen LogP contribution < -0.4 is 5.32 Å². The number of amides is 1. The standard InChI is InChI=1S/C14H19NO3/c1-17-12-8-5-9-13(12)18-14(16)15-10-11-6-3-2-4-7-11/h2-4,6-7,12-13H,5,8-10H2,1H3,(H,15,16)/t12-,13-/m1/s1. The summed E-state index contributed by atoms with van der Waals surface area (Å²) >= 11 is 0. The van der Waals surface area contributed by atoms with Crippen LogP contribution in [0, 0.1) is 0 Å². The molecule has 1 N–H and O–H groups in total. The van der Waals surface area contributed by atoms with Crippen molar-refractivity contribution < 1.29 is 14.3 Å². The zero-order chi connectivity index (χ0) is 12.8. The van der Waals surface area contributed by atoms with Gasteiger partial charge in [0, 0.05) is 13.7 Å². The first-order valence-electron chi connectivity index (χ1n) is 6.31. The second kappa shape index (κ2) is 6.40. The fraction of sp³-hybridized carbons (Fsp3) is 0.500. The molecular formula is C14H19NO3. The summed E-state index contributed by atoms with van der Waals surface area (Å²) in [5, 5.41) is 2.75. The summed E-state index contributed by atoms with van der Waals surface area (Å²) < 4.78 is 10.6. The number of ether oxygens (including phenoxy) is 2. The minimum atomic E-state index is -0.368. The van der Waals surface area contributed by atoms with E-state index in [0.29, 0.717) is 6.54 Å². The van der Waals surface area contributed by atoms with E-state index in [9.17, 15) is 4.79 Å². The number of hydrogen-bond acceptors (Lipinski definition) is 3. The van der Waals surface area contributed by atoms with Gasteiger partial charge in [-0.1, -0.05) is 30.3 Å². The summed E-state index contributed by atoms with van der Waals surface area (Å²) in [6.45, 7) is 0.490. The highest BCUT2D eigenvalue weighted by molar-refractivity contribution is 5.67. The Bertz CT molecular complexity index is 380. The molecule has 18 heavy (non-hydrogen) atoms. The second-order valence-electron chi connectivity index (χ2n) is 4.49. The Morgan fingerprint density at radius 2 is 2.00 bits per heavy atom. The minimum Gasteiger partial charge on any atom is -0.443 e. The molecule has 1 aliphatic rings. The smallest absolute Gasteiger partial charge is 0.407 e. The summed E-state index contributed by atoms with van der Waals surface area (Å²) in [6, 6.07) is 9.77. The average molecular weight is 249 g/mol. The molecular weight excluding hydrogens is 230 g/mol. The van der Waals surface area contributed by atoms with Crippen LogP contribution in [0.1, 0.15) is 24.8 Å². The van der Waals surface area contributed by atoms with Crippen LogP contribution in [0.4, 0.5) is 4.79 Å². The van der Waals surface area contributed by atoms with Crippen molar-refractivity contribution >= 4 is 6.09 Å². The summed E-state index contributed by atoms with van der Waals surface area (Å²) in [4.78, 5) is 11.6. The second-order valence-corrected chi connectivity index (χ2v) is 4.49. The summed E-state index contributed by atoms with van der Waals surface area (Å²) in [6.07, 6.45) is 2.48. The van der Waals surface area contributed by atoms with Crippen molar-refractivity contribution in [3.63, 3.8) is 0 Å². The lowest BCUT2D eigenvalue weighted by Crippen LogP contribution is -2.33. The van der Waals surface area contributed by atoms with Crippen molar-refractivity contribution in [2.24, 2.45) is 0 Å². The number of benzene rings is 1. The first-order valence-corrected chi connectivity index (χ1v) is 6.31. The Morgan fingerprint density at radius 3 is 2.72 bits per heavy atom. The number of alkyl carbamates (subject to hydrolysis) is 1. The molecule has 0 spiro atoms. The molecule has 4 nitrogen and oxygen atoms in total. The largest absolute Gasteiger partial charge is 0.443 e. The molecule has 0 aliphatic heterocycles. The van der Waals surface area contributed by atoms with E-state index >= 15 is 0 Å². The molecule has 0 aromatic heterocycles. The molecule has 1 aliphatic carbocycles. The van der Waals surface area contributed by atoms with Gasteiger partial charge in [0.1, 0.15) is 6.10 Å². The molecule has 0 bridgehead atoms. The van der Waals surface area contributed by atoms with E-state index in [4.69, 9.17) is 9.47 Å². The molecule has 1 fully saturated rings. The van der Waals surface area contributed by atoms with E-state index in [0.717, 1.165) is 24.8 Å². The quantitative estimate of drug-likeness (QED) is 0.891. The van der Waals surface area contributed by atoms with E-state index in [1.807, 2.05) is 30.3 Å². The highest BCUT2D eigenvalue weighted by Crippen LogP contribution is 2.24. The van der Waals surface area contributed by atoms with Gasteiger partial charge in [-0.15, -0.1) is 0 Å². The molecule has 2 rings (SSSR count). The predicted octanol–water partition coefficient (Wildman–Crippen LogP) is 2.48. The average Bonchev–Trinajstić information content (AvgIpc) is 2.85. The Kier molecular flexibility index (Phi) is 4.59. The highest BCUT2D eigenvalue weighted by atomic mass is 16.6. The van der Waals surface area contributed by atoms with Gasteiger partial charge in [-0.2, -0.15) is 0 Å². The van der Waals surface area contributed by atoms with Gasteiger partial charge in [0.15, 0.2) is 0 Å². The Balaban J connectivity index is 1.75. The number of carbonyl (C=O) groups excluding carboxylic acids is 1. The van der Waals surface area contributed by atoms with E-state index in [2.05, 4.69) is 5.32 Å². The van der Waals surface area contributed by atoms with Gasteiger partial charge >= 0.3 is 6.09 Å². The molecule has 4 heteroatoms. The van der Waals surface area contributed by atoms with Gasteiger partial charge in [0.25, 0.3) is 0 Å². The van der Waals surface area contributed by atoms with E-state index in [-0.39, 0.29) is 18.3 Å². The number of methoxy groups -OCH3 is 1. The maximum absolute atomic E-state index is 11.6. The predicted molar refractivity (Wildman–Crippen MR) is 68.2 cm³/mol. The maximum atomic E-state index is 11.6. The van der Waals surface area contributed by atoms with Crippen LogP contribution in [-0.2, 0) is 16.0 Å². The van der Waals surface area contributed by atoms with E-state index < -0.39 is 0 Å². The first kappa shape index (κ1) is 12.9. The van der Waals surface area contributed by atoms with Crippen molar-refractivity contribution in [3.05, 3.63) is 35.9 Å². The van der Waals surface area contributed by atoms with Gasteiger partial charge in [0.05, 0.1) is 6.10 Å². The van der Waals surface area contributed by atoms with Crippen molar-refractivity contribution in [1.82, 2.24) is 5.32 Å². The molecule has 2 atom stereocenters. The normalized spacial score (nSPS) is 22.7. The zero-order valence-electron chi connectivity index (χ0n) is 10.6. The van der Waals surface area contributed by atoms with E-state index in [1.54, 1.807) is 7.11 Å². The molecule has 1 saturated carbocycles. The molecule has 0 saturated heterocycles. The molecule has 1 aromatic rings. The van der Waals surface area contributed by atoms with Crippen LogP contribution in [0.25, 0.3) is 0 Å². The fourth-order valence-corrected chi connectivity index (χ4v) is 2.25. The maximum Gasteiger partial charge on any atom is 0.407 e. The van der Waals surface area contributed by atoms with Gasteiger partial charge in [0.2, 0.25) is 0 Å². The number of nitrogens with one attached hydrogen (secondary N) is 1. The Labute approximate surface area is 107 Å². The first-order chi connectivity index (χ1) is 8.79. The van der Waals surface area contributed by atoms with Crippen LogP contribution in [0.5, 0.6) is 0 Å². The molecule has 0 heterocycles. The number of carbonyl (C=O) groups is 1. The highest BCUT2D eigenvalue weighted by Gasteiger charge is 2.30. The van der Waals surface area contributed by atoms with Crippen LogP contribution in [0.15, 0.2) is 30.3 Å². The Hall–Kier alpha value is -1.55. The molecule has 0 radical (unpaired) electrons. The van der Waals surface area contributed by atoms with Crippen LogP contribution in [0.3, 0.4) is 0 Å². The topological polar surface area (TPSA) is 47.6 Å². The van der Waals surface area contributed by atoms with Crippen molar-refractivity contribution in [1.29, 1.82) is 0 Å².